The van der Waals surface area contributed by atoms with Crippen LogP contribution in [-0.4, -0.2) is 37.5 Å². The molecule has 0 spiro atoms. The number of ketones is 2. The molecular formula is C14H24O4. The Bertz CT molecular complexity index is 257. The van der Waals surface area contributed by atoms with E-state index < -0.39 is 0 Å². The maximum Gasteiger partial charge on any atom is 0.163 e. The van der Waals surface area contributed by atoms with Crippen molar-refractivity contribution in [3.05, 3.63) is 0 Å². The minimum Gasteiger partial charge on any atom is -0.376 e. The molecule has 0 radical (unpaired) electrons. The molecule has 1 unspecified atom stereocenters. The molecule has 0 aromatic rings. The lowest BCUT2D eigenvalue weighted by Crippen LogP contribution is -2.35. The van der Waals surface area contributed by atoms with Gasteiger partial charge in [-0.25, -0.2) is 0 Å². The zero-order valence-electron chi connectivity index (χ0n) is 11.3. The number of Topliss-reactive ketones (excluding diaryl/α,β-unsaturated/α-hetero) is 2. The summed E-state index contributed by atoms with van der Waals surface area (Å²) in [5, 5.41) is 0. The topological polar surface area (TPSA) is 52.6 Å². The summed E-state index contributed by atoms with van der Waals surface area (Å²) in [5.74, 6) is 0.428. The van der Waals surface area contributed by atoms with E-state index in [9.17, 15) is 9.59 Å². The fourth-order valence-corrected chi connectivity index (χ4v) is 1.96. The Hall–Kier alpha value is -0.740. The van der Waals surface area contributed by atoms with Gasteiger partial charge in [-0.1, -0.05) is 13.3 Å². The van der Waals surface area contributed by atoms with Crippen LogP contribution in [-0.2, 0) is 19.1 Å². The number of hydrogen-bond acceptors (Lipinski definition) is 4. The summed E-state index contributed by atoms with van der Waals surface area (Å²) in [4.78, 5) is 23.1. The number of unbranched alkanes of at least 4 members (excludes halogenated alkanes) is 2. The predicted molar refractivity (Wildman–Crippen MR) is 68.6 cm³/mol. The van der Waals surface area contributed by atoms with Gasteiger partial charge in [-0.3, -0.25) is 9.59 Å². The lowest BCUT2D eigenvalue weighted by Gasteiger charge is -2.21. The molecule has 1 fully saturated rings. The van der Waals surface area contributed by atoms with Gasteiger partial charge in [-0.15, -0.1) is 0 Å². The fraction of sp³-hybridized carbons (Fsp3) is 0.857. The predicted octanol–water partition coefficient (Wildman–Crippen LogP) is 2.29. The molecule has 0 saturated carbocycles. The molecule has 0 N–H and O–H groups in total. The summed E-state index contributed by atoms with van der Waals surface area (Å²) in [5.41, 5.74) is 0. The lowest BCUT2D eigenvalue weighted by atomic mass is 10.0. The van der Waals surface area contributed by atoms with E-state index in [1.54, 1.807) is 0 Å². The van der Waals surface area contributed by atoms with E-state index in [2.05, 4.69) is 6.92 Å². The van der Waals surface area contributed by atoms with E-state index in [4.69, 9.17) is 9.47 Å². The highest BCUT2D eigenvalue weighted by molar-refractivity contribution is 5.83. The molecule has 0 aromatic heterocycles. The van der Waals surface area contributed by atoms with Crippen LogP contribution in [0.3, 0.4) is 0 Å². The first-order valence-corrected chi connectivity index (χ1v) is 6.97. The van der Waals surface area contributed by atoms with Crippen LogP contribution in [0.15, 0.2) is 0 Å². The molecular weight excluding hydrogens is 232 g/mol. The van der Waals surface area contributed by atoms with Crippen molar-refractivity contribution >= 4 is 11.6 Å². The minimum atomic E-state index is -0.380. The first-order chi connectivity index (χ1) is 8.74. The Morgan fingerprint density at radius 3 is 2.44 bits per heavy atom. The van der Waals surface area contributed by atoms with Gasteiger partial charge < -0.3 is 9.47 Å². The molecule has 1 saturated heterocycles. The summed E-state index contributed by atoms with van der Waals surface area (Å²) >= 11 is 0. The van der Waals surface area contributed by atoms with Crippen LogP contribution in [0.1, 0.15) is 51.9 Å². The SMILES string of the molecule is CCCCC(=O)CCCCC(=O)C1COCCO1. The highest BCUT2D eigenvalue weighted by Crippen LogP contribution is 2.10. The second kappa shape index (κ2) is 9.22. The van der Waals surface area contributed by atoms with Crippen molar-refractivity contribution in [2.24, 2.45) is 0 Å². The van der Waals surface area contributed by atoms with E-state index in [1.807, 2.05) is 0 Å². The Labute approximate surface area is 109 Å². The minimum absolute atomic E-state index is 0.107. The van der Waals surface area contributed by atoms with Crippen molar-refractivity contribution in [3.8, 4) is 0 Å². The summed E-state index contributed by atoms with van der Waals surface area (Å²) in [6, 6.07) is 0. The van der Waals surface area contributed by atoms with Crippen molar-refractivity contribution in [2.75, 3.05) is 19.8 Å². The van der Waals surface area contributed by atoms with Crippen LogP contribution < -0.4 is 0 Å². The number of ether oxygens (including phenoxy) is 2. The number of rotatable bonds is 9. The Kier molecular flexibility index (Phi) is 7.85. The average molecular weight is 256 g/mol. The van der Waals surface area contributed by atoms with Crippen molar-refractivity contribution < 1.29 is 19.1 Å². The Balaban J connectivity index is 2.02. The zero-order chi connectivity index (χ0) is 13.2. The quantitative estimate of drug-likeness (QED) is 0.594. The largest absolute Gasteiger partial charge is 0.376 e. The van der Waals surface area contributed by atoms with E-state index in [1.165, 1.54) is 0 Å². The maximum atomic E-state index is 11.7. The normalized spacial score (nSPS) is 19.7. The van der Waals surface area contributed by atoms with Crippen molar-refractivity contribution in [1.82, 2.24) is 0 Å². The van der Waals surface area contributed by atoms with Crippen LogP contribution >= 0.6 is 0 Å². The smallest absolute Gasteiger partial charge is 0.163 e. The Morgan fingerprint density at radius 2 is 1.78 bits per heavy atom. The van der Waals surface area contributed by atoms with Gasteiger partial charge in [0.25, 0.3) is 0 Å². The molecule has 0 aromatic carbocycles. The van der Waals surface area contributed by atoms with Gasteiger partial charge in [0.1, 0.15) is 11.9 Å². The summed E-state index contributed by atoms with van der Waals surface area (Å²) < 4.78 is 10.5. The van der Waals surface area contributed by atoms with Crippen molar-refractivity contribution in [3.63, 3.8) is 0 Å². The molecule has 0 aliphatic carbocycles. The van der Waals surface area contributed by atoms with Gasteiger partial charge in [0.2, 0.25) is 0 Å². The van der Waals surface area contributed by atoms with Gasteiger partial charge in [0.15, 0.2) is 5.78 Å². The molecule has 4 nitrogen and oxygen atoms in total. The molecule has 1 rings (SSSR count). The highest BCUT2D eigenvalue weighted by Gasteiger charge is 2.21. The summed E-state index contributed by atoms with van der Waals surface area (Å²) in [7, 11) is 0. The summed E-state index contributed by atoms with van der Waals surface area (Å²) in [6.45, 7) is 3.55. The molecule has 1 atom stereocenters. The van der Waals surface area contributed by atoms with Gasteiger partial charge in [0.05, 0.1) is 19.8 Å². The number of carbonyl (C=O) groups is 2. The molecule has 0 amide bonds. The molecule has 4 heteroatoms. The third kappa shape index (κ3) is 6.26. The van der Waals surface area contributed by atoms with Crippen LogP contribution in [0.25, 0.3) is 0 Å². The molecule has 1 heterocycles. The van der Waals surface area contributed by atoms with Crippen molar-refractivity contribution in [1.29, 1.82) is 0 Å². The molecule has 104 valence electrons. The first-order valence-electron chi connectivity index (χ1n) is 6.97. The first kappa shape index (κ1) is 15.3. The van der Waals surface area contributed by atoms with Gasteiger partial charge in [-0.05, 0) is 19.3 Å². The third-order valence-electron chi connectivity index (χ3n) is 3.11. The van der Waals surface area contributed by atoms with Crippen LogP contribution in [0.5, 0.6) is 0 Å². The van der Waals surface area contributed by atoms with Crippen LogP contribution in [0.4, 0.5) is 0 Å². The van der Waals surface area contributed by atoms with Crippen LogP contribution in [0, 0.1) is 0 Å². The lowest BCUT2D eigenvalue weighted by molar-refractivity contribution is -0.145. The molecule has 1 aliphatic heterocycles. The fourth-order valence-electron chi connectivity index (χ4n) is 1.96. The van der Waals surface area contributed by atoms with Crippen LogP contribution in [0.2, 0.25) is 0 Å². The van der Waals surface area contributed by atoms with E-state index in [-0.39, 0.29) is 11.9 Å². The average Bonchev–Trinajstić information content (AvgIpc) is 2.42. The third-order valence-corrected chi connectivity index (χ3v) is 3.11. The molecule has 0 bridgehead atoms. The second-order valence-electron chi connectivity index (χ2n) is 4.75. The van der Waals surface area contributed by atoms with E-state index in [0.29, 0.717) is 44.9 Å². The number of carbonyl (C=O) groups excluding carboxylic acids is 2. The standard InChI is InChI=1S/C14H24O4/c1-2-3-6-12(15)7-4-5-8-13(16)14-11-17-9-10-18-14/h14H,2-11H2,1H3. The summed E-state index contributed by atoms with van der Waals surface area (Å²) in [6.07, 6.45) is 5.02. The second-order valence-corrected chi connectivity index (χ2v) is 4.75. The monoisotopic (exact) mass is 256 g/mol. The maximum absolute atomic E-state index is 11.7. The highest BCUT2D eigenvalue weighted by atomic mass is 16.6. The van der Waals surface area contributed by atoms with Crippen molar-refractivity contribution in [2.45, 2.75) is 58.0 Å². The van der Waals surface area contributed by atoms with Gasteiger partial charge >= 0.3 is 0 Å². The van der Waals surface area contributed by atoms with E-state index in [0.717, 1.165) is 25.7 Å². The van der Waals surface area contributed by atoms with E-state index >= 15 is 0 Å². The zero-order valence-corrected chi connectivity index (χ0v) is 11.3. The number of hydrogen-bond donors (Lipinski definition) is 0. The Morgan fingerprint density at radius 1 is 1.06 bits per heavy atom. The molecule has 18 heavy (non-hydrogen) atoms. The van der Waals surface area contributed by atoms with Gasteiger partial charge in [-0.2, -0.15) is 0 Å². The van der Waals surface area contributed by atoms with Gasteiger partial charge in [0, 0.05) is 19.3 Å². The molecule has 1 aliphatic rings.